The van der Waals surface area contributed by atoms with Crippen molar-refractivity contribution in [3.8, 4) is 5.75 Å². The van der Waals surface area contributed by atoms with Gasteiger partial charge in [0.15, 0.2) is 5.78 Å². The normalized spacial score (nSPS) is 16.2. The van der Waals surface area contributed by atoms with Crippen molar-refractivity contribution < 1.29 is 14.3 Å². The Kier molecular flexibility index (Phi) is 6.81. The van der Waals surface area contributed by atoms with E-state index in [9.17, 15) is 4.79 Å². The van der Waals surface area contributed by atoms with Gasteiger partial charge in [0, 0.05) is 25.2 Å². The fourth-order valence-electron chi connectivity index (χ4n) is 3.20. The highest BCUT2D eigenvalue weighted by atomic mass is 16.5. The number of rotatable bonds is 8. The van der Waals surface area contributed by atoms with Gasteiger partial charge in [0.1, 0.15) is 5.75 Å². The van der Waals surface area contributed by atoms with Gasteiger partial charge in [0.05, 0.1) is 25.7 Å². The molecule has 3 rings (SSSR count). The van der Waals surface area contributed by atoms with E-state index in [-0.39, 0.29) is 11.7 Å². The van der Waals surface area contributed by atoms with Crippen LogP contribution in [0.15, 0.2) is 54.6 Å². The highest BCUT2D eigenvalue weighted by molar-refractivity contribution is 6.01. The van der Waals surface area contributed by atoms with E-state index in [1.165, 1.54) is 0 Å². The molecule has 2 aromatic rings. The van der Waals surface area contributed by atoms with Crippen molar-refractivity contribution in [3.63, 3.8) is 0 Å². The highest BCUT2D eigenvalue weighted by Crippen LogP contribution is 2.24. The zero-order chi connectivity index (χ0) is 18.2. The van der Waals surface area contributed by atoms with E-state index < -0.39 is 0 Å². The molecule has 4 heteroatoms. The van der Waals surface area contributed by atoms with Gasteiger partial charge in [-0.1, -0.05) is 37.3 Å². The van der Waals surface area contributed by atoms with E-state index in [1.807, 2.05) is 54.6 Å². The van der Waals surface area contributed by atoms with Crippen LogP contribution in [-0.2, 0) is 4.74 Å². The third kappa shape index (κ3) is 4.93. The summed E-state index contributed by atoms with van der Waals surface area (Å²) in [5.74, 6) is 0.800. The molecular weight excluding hydrogens is 326 g/mol. The second kappa shape index (κ2) is 9.51. The molecule has 1 aliphatic rings. The van der Waals surface area contributed by atoms with Crippen LogP contribution in [0.1, 0.15) is 35.2 Å². The van der Waals surface area contributed by atoms with Crippen LogP contribution in [0.2, 0.25) is 0 Å². The summed E-state index contributed by atoms with van der Waals surface area (Å²) in [4.78, 5) is 15.6. The topological polar surface area (TPSA) is 38.8 Å². The monoisotopic (exact) mass is 353 g/mol. The zero-order valence-corrected chi connectivity index (χ0v) is 15.4. The minimum atomic E-state index is -0.170. The van der Waals surface area contributed by atoms with Crippen molar-refractivity contribution >= 4 is 5.78 Å². The predicted octanol–water partition coefficient (Wildman–Crippen LogP) is 3.77. The molecule has 1 atom stereocenters. The Morgan fingerprint density at radius 1 is 1.08 bits per heavy atom. The van der Waals surface area contributed by atoms with E-state index in [1.54, 1.807) is 0 Å². The summed E-state index contributed by atoms with van der Waals surface area (Å²) in [5, 5.41) is 0. The minimum Gasteiger partial charge on any atom is -0.494 e. The zero-order valence-electron chi connectivity index (χ0n) is 15.4. The lowest BCUT2D eigenvalue weighted by atomic mass is 9.90. The molecule has 0 aromatic heterocycles. The van der Waals surface area contributed by atoms with Gasteiger partial charge in [-0.2, -0.15) is 0 Å². The summed E-state index contributed by atoms with van der Waals surface area (Å²) >= 11 is 0. The lowest BCUT2D eigenvalue weighted by molar-refractivity contribution is 0.0345. The second-order valence-corrected chi connectivity index (χ2v) is 6.61. The van der Waals surface area contributed by atoms with Crippen LogP contribution in [0.3, 0.4) is 0 Å². The van der Waals surface area contributed by atoms with Crippen molar-refractivity contribution in [3.05, 3.63) is 65.7 Å². The molecule has 138 valence electrons. The first-order valence-electron chi connectivity index (χ1n) is 9.40. The van der Waals surface area contributed by atoms with Crippen molar-refractivity contribution in [2.24, 2.45) is 0 Å². The third-order valence-electron chi connectivity index (χ3n) is 4.67. The minimum absolute atomic E-state index is 0.157. The van der Waals surface area contributed by atoms with Gasteiger partial charge in [-0.05, 0) is 36.2 Å². The summed E-state index contributed by atoms with van der Waals surface area (Å²) in [5.41, 5.74) is 1.80. The molecule has 0 amide bonds. The van der Waals surface area contributed by atoms with Gasteiger partial charge in [0.25, 0.3) is 0 Å². The van der Waals surface area contributed by atoms with Crippen molar-refractivity contribution in [2.45, 2.75) is 19.3 Å². The average molecular weight is 353 g/mol. The smallest absolute Gasteiger partial charge is 0.171 e. The lowest BCUT2D eigenvalue weighted by Crippen LogP contribution is -2.40. The van der Waals surface area contributed by atoms with E-state index in [0.717, 1.165) is 56.1 Å². The maximum Gasteiger partial charge on any atom is 0.171 e. The van der Waals surface area contributed by atoms with Crippen molar-refractivity contribution in [1.29, 1.82) is 0 Å². The van der Waals surface area contributed by atoms with E-state index in [0.29, 0.717) is 6.61 Å². The Hall–Kier alpha value is -2.17. The molecule has 1 saturated heterocycles. The summed E-state index contributed by atoms with van der Waals surface area (Å²) in [6.07, 6.45) is 0.969. The largest absolute Gasteiger partial charge is 0.494 e. The van der Waals surface area contributed by atoms with E-state index >= 15 is 0 Å². The van der Waals surface area contributed by atoms with Crippen LogP contribution >= 0.6 is 0 Å². The number of Topliss-reactive ketones (excluding diaryl/α,β-unsaturated/α-hetero) is 1. The van der Waals surface area contributed by atoms with Gasteiger partial charge < -0.3 is 9.47 Å². The molecule has 0 saturated carbocycles. The van der Waals surface area contributed by atoms with Gasteiger partial charge in [-0.25, -0.2) is 0 Å². The Balaban J connectivity index is 1.77. The number of benzene rings is 2. The molecule has 1 aliphatic heterocycles. The van der Waals surface area contributed by atoms with Crippen LogP contribution in [-0.4, -0.2) is 50.1 Å². The summed E-state index contributed by atoms with van der Waals surface area (Å²) in [7, 11) is 0. The Labute approximate surface area is 155 Å². The highest BCUT2D eigenvalue weighted by Gasteiger charge is 2.25. The average Bonchev–Trinajstić information content (AvgIpc) is 2.72. The first-order chi connectivity index (χ1) is 12.8. The molecule has 4 nitrogen and oxygen atoms in total. The number of carbonyl (C=O) groups excluding carboxylic acids is 1. The Bertz CT molecular complexity index is 678. The lowest BCUT2D eigenvalue weighted by Gasteiger charge is -2.30. The van der Waals surface area contributed by atoms with Gasteiger partial charge >= 0.3 is 0 Å². The molecule has 0 bridgehead atoms. The maximum atomic E-state index is 13.2. The number of ketones is 1. The van der Waals surface area contributed by atoms with Gasteiger partial charge in [-0.3, -0.25) is 9.69 Å². The summed E-state index contributed by atoms with van der Waals surface area (Å²) in [6.45, 7) is 6.71. The standard InChI is InChI=1S/C22H27NO3/c1-2-14-26-20-10-8-19(9-11-20)22(24)21(18-6-4-3-5-7-18)17-23-12-15-25-16-13-23/h3-11,21H,2,12-17H2,1H3/t21-/m1/s1. The number of hydrogen-bond donors (Lipinski definition) is 0. The van der Waals surface area contributed by atoms with Crippen LogP contribution in [0.25, 0.3) is 0 Å². The van der Waals surface area contributed by atoms with Gasteiger partial charge in [0.2, 0.25) is 0 Å². The number of carbonyl (C=O) groups is 1. The first kappa shape index (κ1) is 18.6. The molecule has 0 N–H and O–H groups in total. The molecule has 26 heavy (non-hydrogen) atoms. The second-order valence-electron chi connectivity index (χ2n) is 6.61. The van der Waals surface area contributed by atoms with E-state index in [4.69, 9.17) is 9.47 Å². The van der Waals surface area contributed by atoms with Crippen molar-refractivity contribution in [1.82, 2.24) is 4.90 Å². The van der Waals surface area contributed by atoms with E-state index in [2.05, 4.69) is 11.8 Å². The SMILES string of the molecule is CCCOc1ccc(C(=O)[C@H](CN2CCOCC2)c2ccccc2)cc1. The van der Waals surface area contributed by atoms with Crippen LogP contribution < -0.4 is 4.74 Å². The number of ether oxygens (including phenoxy) is 2. The molecule has 0 radical (unpaired) electrons. The number of hydrogen-bond acceptors (Lipinski definition) is 4. The molecule has 1 fully saturated rings. The predicted molar refractivity (Wildman–Crippen MR) is 103 cm³/mol. The third-order valence-corrected chi connectivity index (χ3v) is 4.67. The van der Waals surface area contributed by atoms with Crippen molar-refractivity contribution in [2.75, 3.05) is 39.5 Å². The maximum absolute atomic E-state index is 13.2. The quantitative estimate of drug-likeness (QED) is 0.677. The molecule has 0 unspecified atom stereocenters. The van der Waals surface area contributed by atoms with Crippen LogP contribution in [0, 0.1) is 0 Å². The molecule has 1 heterocycles. The fourth-order valence-corrected chi connectivity index (χ4v) is 3.20. The molecular formula is C22H27NO3. The molecule has 0 spiro atoms. The van der Waals surface area contributed by atoms with Gasteiger partial charge in [-0.15, -0.1) is 0 Å². The summed E-state index contributed by atoms with van der Waals surface area (Å²) in [6, 6.07) is 17.6. The van der Waals surface area contributed by atoms with Crippen LogP contribution in [0.5, 0.6) is 5.75 Å². The Morgan fingerprint density at radius 3 is 2.42 bits per heavy atom. The molecule has 0 aliphatic carbocycles. The molecule has 2 aromatic carbocycles. The van der Waals surface area contributed by atoms with Crippen LogP contribution in [0.4, 0.5) is 0 Å². The summed E-state index contributed by atoms with van der Waals surface area (Å²) < 4.78 is 11.1. The number of nitrogens with zero attached hydrogens (tertiary/aromatic N) is 1. The fraction of sp³-hybridized carbons (Fsp3) is 0.409. The Morgan fingerprint density at radius 2 is 1.77 bits per heavy atom. The first-order valence-corrected chi connectivity index (χ1v) is 9.40. The number of morpholine rings is 1.